The molecule has 0 bridgehead atoms. The molecule has 19 heavy (non-hydrogen) atoms. The summed E-state index contributed by atoms with van der Waals surface area (Å²) in [6, 6.07) is 11.5. The molecule has 1 aromatic heterocycles. The maximum absolute atomic E-state index is 11.9. The smallest absolute Gasteiger partial charge is 0.261 e. The molecule has 4 heteroatoms. The number of rotatable bonds is 5. The molecule has 1 aromatic carbocycles. The van der Waals surface area contributed by atoms with Crippen LogP contribution in [0.25, 0.3) is 0 Å². The van der Waals surface area contributed by atoms with E-state index in [1.165, 1.54) is 16.2 Å². The van der Waals surface area contributed by atoms with Gasteiger partial charge in [0.05, 0.1) is 11.4 Å². The molecule has 0 spiro atoms. The molecule has 0 saturated heterocycles. The normalized spacial score (nSPS) is 10.2. The van der Waals surface area contributed by atoms with Gasteiger partial charge in [-0.15, -0.1) is 11.3 Å². The highest BCUT2D eigenvalue weighted by Crippen LogP contribution is 2.20. The first-order valence-corrected chi connectivity index (χ1v) is 7.01. The summed E-state index contributed by atoms with van der Waals surface area (Å²) in [6.07, 6.45) is 0. The topological polar surface area (TPSA) is 38.3 Å². The Morgan fingerprint density at radius 3 is 2.63 bits per heavy atom. The number of benzene rings is 1. The lowest BCUT2D eigenvalue weighted by molar-refractivity contribution is 0.0951. The van der Waals surface area contributed by atoms with Crippen molar-refractivity contribution in [3.8, 4) is 5.75 Å². The lowest BCUT2D eigenvalue weighted by atomic mass is 10.3. The Hall–Kier alpha value is -1.81. The van der Waals surface area contributed by atoms with Gasteiger partial charge in [-0.2, -0.15) is 0 Å². The average molecular weight is 275 g/mol. The van der Waals surface area contributed by atoms with E-state index in [9.17, 15) is 4.79 Å². The third kappa shape index (κ3) is 3.83. The Labute approximate surface area is 117 Å². The Morgan fingerprint density at radius 1 is 1.26 bits per heavy atom. The van der Waals surface area contributed by atoms with Crippen molar-refractivity contribution in [1.29, 1.82) is 0 Å². The van der Waals surface area contributed by atoms with Gasteiger partial charge in [-0.25, -0.2) is 0 Å². The summed E-state index contributed by atoms with van der Waals surface area (Å²) in [7, 11) is 0. The molecule has 2 rings (SSSR count). The third-order valence-electron chi connectivity index (χ3n) is 2.79. The minimum atomic E-state index is -0.0298. The molecule has 100 valence electrons. The van der Waals surface area contributed by atoms with Crippen molar-refractivity contribution in [3.05, 3.63) is 51.7 Å². The number of carbonyl (C=O) groups is 1. The molecule has 0 aliphatic heterocycles. The number of carbonyl (C=O) groups excluding carboxylic acids is 1. The summed E-state index contributed by atoms with van der Waals surface area (Å²) < 4.78 is 5.51. The van der Waals surface area contributed by atoms with Gasteiger partial charge in [0.15, 0.2) is 0 Å². The first-order valence-electron chi connectivity index (χ1n) is 6.20. The number of ether oxygens (including phenoxy) is 1. The van der Waals surface area contributed by atoms with Crippen LogP contribution in [0.5, 0.6) is 5.75 Å². The molecule has 1 N–H and O–H groups in total. The van der Waals surface area contributed by atoms with Crippen LogP contribution in [-0.2, 0) is 0 Å². The van der Waals surface area contributed by atoms with Crippen LogP contribution in [0.4, 0.5) is 0 Å². The van der Waals surface area contributed by atoms with Crippen LogP contribution in [-0.4, -0.2) is 19.1 Å². The molecule has 1 heterocycles. The van der Waals surface area contributed by atoms with Crippen LogP contribution in [0.15, 0.2) is 36.4 Å². The number of hydrogen-bond acceptors (Lipinski definition) is 3. The van der Waals surface area contributed by atoms with Crippen LogP contribution >= 0.6 is 11.3 Å². The predicted molar refractivity (Wildman–Crippen MR) is 78.1 cm³/mol. The fourth-order valence-corrected chi connectivity index (χ4v) is 2.57. The van der Waals surface area contributed by atoms with Gasteiger partial charge in [-0.3, -0.25) is 4.79 Å². The van der Waals surface area contributed by atoms with Crippen LogP contribution in [0, 0.1) is 13.8 Å². The number of para-hydroxylation sites is 1. The van der Waals surface area contributed by atoms with Gasteiger partial charge in [-0.1, -0.05) is 18.2 Å². The highest BCUT2D eigenvalue weighted by atomic mass is 32.1. The zero-order valence-corrected chi connectivity index (χ0v) is 11.9. The van der Waals surface area contributed by atoms with Gasteiger partial charge in [0, 0.05) is 4.88 Å². The van der Waals surface area contributed by atoms with E-state index in [4.69, 9.17) is 4.74 Å². The maximum atomic E-state index is 11.9. The first kappa shape index (κ1) is 13.6. The second kappa shape index (κ2) is 6.38. The van der Waals surface area contributed by atoms with Crippen LogP contribution in [0.1, 0.15) is 20.1 Å². The van der Waals surface area contributed by atoms with Gasteiger partial charge in [-0.05, 0) is 37.6 Å². The van der Waals surface area contributed by atoms with Crippen molar-refractivity contribution in [2.45, 2.75) is 13.8 Å². The molecule has 0 fully saturated rings. The molecular weight excluding hydrogens is 258 g/mol. The summed E-state index contributed by atoms with van der Waals surface area (Å²) in [5.41, 5.74) is 1.16. The van der Waals surface area contributed by atoms with Crippen LogP contribution in [0.3, 0.4) is 0 Å². The standard InChI is InChI=1S/C15H17NO2S/c1-11-10-14(19-12(11)2)15(17)16-8-9-18-13-6-4-3-5-7-13/h3-7,10H,8-9H2,1-2H3,(H,16,17). The first-order chi connectivity index (χ1) is 9.16. The SMILES string of the molecule is Cc1cc(C(=O)NCCOc2ccccc2)sc1C. The minimum Gasteiger partial charge on any atom is -0.492 e. The van der Waals surface area contributed by atoms with Crippen LogP contribution in [0.2, 0.25) is 0 Å². The molecular formula is C15H17NO2S. The fourth-order valence-electron chi connectivity index (χ4n) is 1.62. The summed E-state index contributed by atoms with van der Waals surface area (Å²) in [5.74, 6) is 0.789. The van der Waals surface area contributed by atoms with Crippen molar-refractivity contribution < 1.29 is 9.53 Å². The lowest BCUT2D eigenvalue weighted by Gasteiger charge is -2.06. The quantitative estimate of drug-likeness (QED) is 0.851. The molecule has 0 atom stereocenters. The number of nitrogens with one attached hydrogen (secondary N) is 1. The number of aryl methyl sites for hydroxylation is 2. The second-order valence-electron chi connectivity index (χ2n) is 4.27. The highest BCUT2D eigenvalue weighted by Gasteiger charge is 2.09. The Bertz CT molecular complexity index is 529. The molecule has 0 aliphatic rings. The van der Waals surface area contributed by atoms with Gasteiger partial charge < -0.3 is 10.1 Å². The zero-order chi connectivity index (χ0) is 13.7. The van der Waals surface area contributed by atoms with Crippen molar-refractivity contribution in [2.24, 2.45) is 0 Å². The Kier molecular flexibility index (Phi) is 4.58. The summed E-state index contributed by atoms with van der Waals surface area (Å²) in [6.45, 7) is 5.01. The van der Waals surface area contributed by atoms with Crippen molar-refractivity contribution >= 4 is 17.2 Å². The van der Waals surface area contributed by atoms with E-state index in [1.54, 1.807) is 0 Å². The third-order valence-corrected chi connectivity index (χ3v) is 3.94. The number of hydrogen-bond donors (Lipinski definition) is 1. The van der Waals surface area contributed by atoms with Gasteiger partial charge >= 0.3 is 0 Å². The van der Waals surface area contributed by atoms with E-state index in [0.717, 1.165) is 16.2 Å². The minimum absolute atomic E-state index is 0.0298. The summed E-state index contributed by atoms with van der Waals surface area (Å²) in [4.78, 5) is 13.8. The molecule has 0 unspecified atom stereocenters. The molecule has 0 aliphatic carbocycles. The Balaban J connectivity index is 1.75. The van der Waals surface area contributed by atoms with E-state index >= 15 is 0 Å². The maximum Gasteiger partial charge on any atom is 0.261 e. The monoisotopic (exact) mass is 275 g/mol. The fraction of sp³-hybridized carbons (Fsp3) is 0.267. The number of thiophene rings is 1. The van der Waals surface area contributed by atoms with Gasteiger partial charge in [0.25, 0.3) is 5.91 Å². The van der Waals surface area contributed by atoms with Gasteiger partial charge in [0.1, 0.15) is 12.4 Å². The van der Waals surface area contributed by atoms with E-state index in [0.29, 0.717) is 13.2 Å². The van der Waals surface area contributed by atoms with E-state index in [-0.39, 0.29) is 5.91 Å². The lowest BCUT2D eigenvalue weighted by Crippen LogP contribution is -2.27. The van der Waals surface area contributed by atoms with Crippen LogP contribution < -0.4 is 10.1 Å². The van der Waals surface area contributed by atoms with E-state index in [1.807, 2.05) is 50.2 Å². The van der Waals surface area contributed by atoms with Crippen molar-refractivity contribution in [3.63, 3.8) is 0 Å². The van der Waals surface area contributed by atoms with Crippen molar-refractivity contribution in [1.82, 2.24) is 5.32 Å². The average Bonchev–Trinajstić information content (AvgIpc) is 2.76. The van der Waals surface area contributed by atoms with Gasteiger partial charge in [0.2, 0.25) is 0 Å². The van der Waals surface area contributed by atoms with Crippen molar-refractivity contribution in [2.75, 3.05) is 13.2 Å². The molecule has 0 saturated carbocycles. The van der Waals surface area contributed by atoms with E-state index in [2.05, 4.69) is 5.32 Å². The molecule has 0 radical (unpaired) electrons. The second-order valence-corrected chi connectivity index (χ2v) is 5.52. The zero-order valence-electron chi connectivity index (χ0n) is 11.1. The molecule has 1 amide bonds. The Morgan fingerprint density at radius 2 is 2.00 bits per heavy atom. The molecule has 3 nitrogen and oxygen atoms in total. The predicted octanol–water partition coefficient (Wildman–Crippen LogP) is 3.17. The van der Waals surface area contributed by atoms with E-state index < -0.39 is 0 Å². The summed E-state index contributed by atoms with van der Waals surface area (Å²) in [5, 5.41) is 2.86. The largest absolute Gasteiger partial charge is 0.492 e. The molecule has 2 aromatic rings. The number of amides is 1. The summed E-state index contributed by atoms with van der Waals surface area (Å²) >= 11 is 1.52. The highest BCUT2D eigenvalue weighted by molar-refractivity contribution is 7.14.